The van der Waals surface area contributed by atoms with E-state index in [4.69, 9.17) is 0 Å². The average Bonchev–Trinajstić information content (AvgIpc) is 2.30. The Hall–Kier alpha value is -1.65. The molecular formula is C11H16FN3O. The molecule has 1 N–H and O–H groups in total. The quantitative estimate of drug-likeness (QED) is 0.850. The summed E-state index contributed by atoms with van der Waals surface area (Å²) in [5, 5.41) is 2.87. The Labute approximate surface area is 94.5 Å². The summed E-state index contributed by atoms with van der Waals surface area (Å²) < 4.78 is 13.0. The van der Waals surface area contributed by atoms with Gasteiger partial charge in [-0.15, -0.1) is 0 Å². The van der Waals surface area contributed by atoms with Gasteiger partial charge >= 0.3 is 0 Å². The maximum absolute atomic E-state index is 13.0. The summed E-state index contributed by atoms with van der Waals surface area (Å²) >= 11 is 0. The van der Waals surface area contributed by atoms with Crippen molar-refractivity contribution >= 4 is 17.4 Å². The van der Waals surface area contributed by atoms with E-state index in [1.165, 1.54) is 11.8 Å². The fourth-order valence-electron chi connectivity index (χ4n) is 1.40. The van der Waals surface area contributed by atoms with Gasteiger partial charge < -0.3 is 10.2 Å². The predicted octanol–water partition coefficient (Wildman–Crippen LogP) is 1.83. The number of halogens is 1. The number of hydrogen-bond acceptors (Lipinski definition) is 3. The number of rotatable bonds is 4. The van der Waals surface area contributed by atoms with Crippen molar-refractivity contribution in [2.24, 2.45) is 0 Å². The van der Waals surface area contributed by atoms with Crippen LogP contribution in [0.5, 0.6) is 0 Å². The molecule has 4 nitrogen and oxygen atoms in total. The molecule has 1 atom stereocenters. The van der Waals surface area contributed by atoms with Gasteiger partial charge in [0.25, 0.3) is 5.91 Å². The number of amides is 1. The molecule has 0 fully saturated rings. The molecule has 1 unspecified atom stereocenters. The van der Waals surface area contributed by atoms with Crippen LogP contribution in [0.3, 0.4) is 0 Å². The van der Waals surface area contributed by atoms with Crippen molar-refractivity contribution < 1.29 is 9.18 Å². The lowest BCUT2D eigenvalue weighted by Gasteiger charge is -2.21. The van der Waals surface area contributed by atoms with E-state index < -0.39 is 12.1 Å². The van der Waals surface area contributed by atoms with Gasteiger partial charge in [-0.25, -0.2) is 9.37 Å². The van der Waals surface area contributed by atoms with Gasteiger partial charge in [0.2, 0.25) is 0 Å². The Bertz CT molecular complexity index is 368. The van der Waals surface area contributed by atoms with E-state index in [9.17, 15) is 9.18 Å². The third kappa shape index (κ3) is 2.68. The van der Waals surface area contributed by atoms with Crippen LogP contribution in [-0.4, -0.2) is 30.7 Å². The molecule has 0 spiro atoms. The summed E-state index contributed by atoms with van der Waals surface area (Å²) in [7, 11) is 1.74. The third-order valence-electron chi connectivity index (χ3n) is 2.23. The van der Waals surface area contributed by atoms with Gasteiger partial charge in [0, 0.05) is 31.5 Å². The third-order valence-corrected chi connectivity index (χ3v) is 2.23. The maximum Gasteiger partial charge on any atom is 0.261 e. The number of anilines is 2. The zero-order valence-electron chi connectivity index (χ0n) is 9.70. The van der Waals surface area contributed by atoms with Crippen molar-refractivity contribution in [3.63, 3.8) is 0 Å². The molecule has 5 heteroatoms. The van der Waals surface area contributed by atoms with Crippen LogP contribution in [0.25, 0.3) is 0 Å². The summed E-state index contributed by atoms with van der Waals surface area (Å²) in [5.41, 5.74) is 0.649. The van der Waals surface area contributed by atoms with Crippen molar-refractivity contribution in [2.75, 3.05) is 23.8 Å². The Kier molecular flexibility index (Phi) is 4.22. The first-order chi connectivity index (χ1) is 7.60. The second kappa shape index (κ2) is 5.44. The fourth-order valence-corrected chi connectivity index (χ4v) is 1.40. The predicted molar refractivity (Wildman–Crippen MR) is 62.4 cm³/mol. The molecule has 1 aromatic rings. The number of nitrogens with one attached hydrogen (secondary N) is 1. The monoisotopic (exact) mass is 225 g/mol. The molecule has 1 amide bonds. The normalized spacial score (nSPS) is 12.0. The molecule has 1 aromatic heterocycles. The van der Waals surface area contributed by atoms with Crippen LogP contribution in [-0.2, 0) is 4.79 Å². The second-order valence-corrected chi connectivity index (χ2v) is 3.35. The Morgan fingerprint density at radius 1 is 1.69 bits per heavy atom. The number of carbonyl (C=O) groups excluding carboxylic acids is 1. The Morgan fingerprint density at radius 3 is 2.88 bits per heavy atom. The molecule has 0 saturated heterocycles. The zero-order valence-corrected chi connectivity index (χ0v) is 9.70. The van der Waals surface area contributed by atoms with Gasteiger partial charge in [-0.2, -0.15) is 0 Å². The minimum Gasteiger partial charge on any atom is -0.373 e. The molecule has 0 saturated carbocycles. The van der Waals surface area contributed by atoms with Crippen molar-refractivity contribution in [3.05, 3.63) is 18.3 Å². The van der Waals surface area contributed by atoms with E-state index in [1.807, 2.05) is 0 Å². The van der Waals surface area contributed by atoms with Crippen molar-refractivity contribution in [1.29, 1.82) is 0 Å². The number of hydrogen-bond donors (Lipinski definition) is 1. The molecule has 1 heterocycles. The van der Waals surface area contributed by atoms with Gasteiger partial charge in [-0.3, -0.25) is 4.79 Å². The molecule has 0 aliphatic heterocycles. The summed E-state index contributed by atoms with van der Waals surface area (Å²) in [6.45, 7) is 3.48. The smallest absolute Gasteiger partial charge is 0.261 e. The lowest BCUT2D eigenvalue weighted by molar-refractivity contribution is -0.122. The maximum atomic E-state index is 13.0. The first kappa shape index (κ1) is 12.4. The molecule has 1 rings (SSSR count). The van der Waals surface area contributed by atoms with E-state index >= 15 is 0 Å². The average molecular weight is 225 g/mol. The van der Waals surface area contributed by atoms with Crippen LogP contribution in [0.1, 0.15) is 13.8 Å². The standard InChI is InChI=1S/C11H16FN3O/c1-4-15(11(16)8(2)12)9-5-6-14-10(7-9)13-3/h5-8H,4H2,1-3H3,(H,13,14). The summed E-state index contributed by atoms with van der Waals surface area (Å²) in [4.78, 5) is 17.0. The first-order valence-corrected chi connectivity index (χ1v) is 5.19. The van der Waals surface area contributed by atoms with Crippen LogP contribution in [0.4, 0.5) is 15.9 Å². The lowest BCUT2D eigenvalue weighted by Crippen LogP contribution is -2.36. The largest absolute Gasteiger partial charge is 0.373 e. The zero-order chi connectivity index (χ0) is 12.1. The van der Waals surface area contributed by atoms with E-state index in [2.05, 4.69) is 10.3 Å². The van der Waals surface area contributed by atoms with Crippen LogP contribution < -0.4 is 10.2 Å². The Morgan fingerprint density at radius 2 is 2.38 bits per heavy atom. The van der Waals surface area contributed by atoms with Gasteiger partial charge in [0.05, 0.1) is 0 Å². The summed E-state index contributed by atoms with van der Waals surface area (Å²) in [5.74, 6) is 0.117. The van der Waals surface area contributed by atoms with Crippen LogP contribution in [0.15, 0.2) is 18.3 Å². The van der Waals surface area contributed by atoms with Gasteiger partial charge in [0.1, 0.15) is 5.82 Å². The molecule has 0 aromatic carbocycles. The molecule has 16 heavy (non-hydrogen) atoms. The summed E-state index contributed by atoms with van der Waals surface area (Å²) in [6.07, 6.45) is 0.0890. The highest BCUT2D eigenvalue weighted by molar-refractivity contribution is 5.96. The van der Waals surface area contributed by atoms with Gasteiger partial charge in [-0.05, 0) is 19.9 Å². The van der Waals surface area contributed by atoms with E-state index in [-0.39, 0.29) is 0 Å². The highest BCUT2D eigenvalue weighted by atomic mass is 19.1. The van der Waals surface area contributed by atoms with Crippen molar-refractivity contribution in [2.45, 2.75) is 20.0 Å². The highest BCUT2D eigenvalue weighted by Crippen LogP contribution is 2.18. The summed E-state index contributed by atoms with van der Waals surface area (Å²) in [6, 6.07) is 3.40. The molecule has 88 valence electrons. The highest BCUT2D eigenvalue weighted by Gasteiger charge is 2.20. The van der Waals surface area contributed by atoms with E-state index in [0.29, 0.717) is 18.1 Å². The van der Waals surface area contributed by atoms with Crippen LogP contribution in [0.2, 0.25) is 0 Å². The SMILES string of the molecule is CCN(C(=O)C(C)F)c1ccnc(NC)c1. The lowest BCUT2D eigenvalue weighted by atomic mass is 10.3. The van der Waals surface area contributed by atoms with Crippen LogP contribution >= 0.6 is 0 Å². The van der Waals surface area contributed by atoms with Gasteiger partial charge in [-0.1, -0.05) is 0 Å². The van der Waals surface area contributed by atoms with Gasteiger partial charge in [0.15, 0.2) is 6.17 Å². The number of aromatic nitrogens is 1. The minimum absolute atomic E-state index is 0.431. The second-order valence-electron chi connectivity index (χ2n) is 3.35. The molecule has 0 aliphatic carbocycles. The number of alkyl halides is 1. The number of nitrogens with zero attached hydrogens (tertiary/aromatic N) is 2. The van der Waals surface area contributed by atoms with Crippen molar-refractivity contribution in [3.8, 4) is 0 Å². The fraction of sp³-hybridized carbons (Fsp3) is 0.455. The molecular weight excluding hydrogens is 209 g/mol. The number of pyridine rings is 1. The molecule has 0 aliphatic rings. The topological polar surface area (TPSA) is 45.2 Å². The van der Waals surface area contributed by atoms with E-state index in [1.54, 1.807) is 32.3 Å². The molecule has 0 bridgehead atoms. The van der Waals surface area contributed by atoms with E-state index in [0.717, 1.165) is 0 Å². The number of carbonyl (C=O) groups is 1. The minimum atomic E-state index is -1.49. The van der Waals surface area contributed by atoms with Crippen molar-refractivity contribution in [1.82, 2.24) is 4.98 Å². The Balaban J connectivity index is 2.99. The van der Waals surface area contributed by atoms with Crippen LogP contribution in [0, 0.1) is 0 Å². The first-order valence-electron chi connectivity index (χ1n) is 5.19. The molecule has 0 radical (unpaired) electrons.